The Hall–Kier alpha value is -1.60. The molecule has 1 heterocycles. The molecule has 0 bridgehead atoms. The average molecular weight is 247 g/mol. The Kier molecular flexibility index (Phi) is 6.16. The smallest absolute Gasteiger partial charge is 0.127 e. The fraction of sp³-hybridized carbons (Fsp3) is 0.571. The number of aliphatic hydroxyl groups excluding tert-OH is 1. The number of hydrogen-bond acceptors (Lipinski definition) is 4. The van der Waals surface area contributed by atoms with Crippen molar-refractivity contribution in [2.75, 3.05) is 18.5 Å². The van der Waals surface area contributed by atoms with Gasteiger partial charge in [-0.2, -0.15) is 5.26 Å². The van der Waals surface area contributed by atoms with Crippen LogP contribution in [-0.4, -0.2) is 23.2 Å². The van der Waals surface area contributed by atoms with Gasteiger partial charge < -0.3 is 10.4 Å². The third-order valence-electron chi connectivity index (χ3n) is 2.89. The van der Waals surface area contributed by atoms with Crippen molar-refractivity contribution in [3.8, 4) is 6.07 Å². The molecule has 0 fully saturated rings. The molecule has 1 atom stereocenters. The topological polar surface area (TPSA) is 68.9 Å². The van der Waals surface area contributed by atoms with Gasteiger partial charge in [0.1, 0.15) is 5.82 Å². The molecule has 1 rings (SSSR count). The van der Waals surface area contributed by atoms with E-state index in [0.29, 0.717) is 11.5 Å². The predicted molar refractivity (Wildman–Crippen MR) is 72.3 cm³/mol. The summed E-state index contributed by atoms with van der Waals surface area (Å²) in [5, 5.41) is 21.2. The summed E-state index contributed by atoms with van der Waals surface area (Å²) in [5.74, 6) is 1.19. The Morgan fingerprint density at radius 3 is 2.83 bits per heavy atom. The zero-order valence-electron chi connectivity index (χ0n) is 11.1. The van der Waals surface area contributed by atoms with Crippen LogP contribution >= 0.6 is 0 Å². The summed E-state index contributed by atoms with van der Waals surface area (Å²) in [6, 6.07) is 5.65. The number of aryl methyl sites for hydroxylation is 1. The van der Waals surface area contributed by atoms with Crippen LogP contribution in [0.25, 0.3) is 0 Å². The Morgan fingerprint density at radius 1 is 1.44 bits per heavy atom. The van der Waals surface area contributed by atoms with E-state index in [2.05, 4.69) is 23.3 Å². The van der Waals surface area contributed by atoms with Crippen molar-refractivity contribution in [3.05, 3.63) is 23.4 Å². The van der Waals surface area contributed by atoms with Gasteiger partial charge in [-0.3, -0.25) is 0 Å². The van der Waals surface area contributed by atoms with Gasteiger partial charge in [-0.05, 0) is 37.8 Å². The number of aliphatic hydroxyl groups is 1. The molecule has 0 spiro atoms. The highest BCUT2D eigenvalue weighted by Gasteiger charge is 2.08. The van der Waals surface area contributed by atoms with Gasteiger partial charge in [-0.1, -0.05) is 13.3 Å². The molecule has 18 heavy (non-hydrogen) atoms. The van der Waals surface area contributed by atoms with Gasteiger partial charge in [-0.25, -0.2) is 4.98 Å². The van der Waals surface area contributed by atoms with Gasteiger partial charge in [0.25, 0.3) is 0 Å². The second-order valence-electron chi connectivity index (χ2n) is 4.54. The molecular weight excluding hydrogens is 226 g/mol. The molecule has 0 radical (unpaired) electrons. The molecule has 0 aliphatic rings. The van der Waals surface area contributed by atoms with Crippen molar-refractivity contribution in [2.24, 2.45) is 5.92 Å². The summed E-state index contributed by atoms with van der Waals surface area (Å²) in [4.78, 5) is 4.35. The van der Waals surface area contributed by atoms with E-state index in [9.17, 15) is 0 Å². The lowest BCUT2D eigenvalue weighted by molar-refractivity contribution is 0.255. The van der Waals surface area contributed by atoms with Gasteiger partial charge in [0, 0.05) is 18.8 Å². The van der Waals surface area contributed by atoms with Crippen LogP contribution in [0.4, 0.5) is 5.82 Å². The van der Waals surface area contributed by atoms with Gasteiger partial charge in [0.2, 0.25) is 0 Å². The molecule has 0 amide bonds. The van der Waals surface area contributed by atoms with E-state index in [0.717, 1.165) is 37.3 Å². The van der Waals surface area contributed by atoms with Crippen molar-refractivity contribution in [3.63, 3.8) is 0 Å². The number of aromatic nitrogens is 1. The maximum Gasteiger partial charge on any atom is 0.127 e. The minimum Gasteiger partial charge on any atom is -0.396 e. The first-order chi connectivity index (χ1) is 8.69. The summed E-state index contributed by atoms with van der Waals surface area (Å²) in [6.07, 6.45) is 3.00. The molecular formula is C14H21N3O. The quantitative estimate of drug-likeness (QED) is 0.776. The van der Waals surface area contributed by atoms with Crippen LogP contribution in [-0.2, 0) is 0 Å². The Balaban J connectivity index is 2.61. The highest BCUT2D eigenvalue weighted by Crippen LogP contribution is 2.14. The van der Waals surface area contributed by atoms with E-state index >= 15 is 0 Å². The highest BCUT2D eigenvalue weighted by atomic mass is 16.3. The standard InChI is InChI=1S/C14H21N3O/c1-3-4-12(5-6-18)10-16-14-8-13(9-15)7-11(2)17-14/h7-8,12,18H,3-6,10H2,1-2H3,(H,16,17). The first-order valence-electron chi connectivity index (χ1n) is 6.43. The second kappa shape index (κ2) is 7.67. The summed E-state index contributed by atoms with van der Waals surface area (Å²) in [7, 11) is 0. The number of hydrogen-bond donors (Lipinski definition) is 2. The summed E-state index contributed by atoms with van der Waals surface area (Å²) in [6.45, 7) is 5.03. The first kappa shape index (κ1) is 14.5. The lowest BCUT2D eigenvalue weighted by Gasteiger charge is -2.16. The maximum absolute atomic E-state index is 9.00. The molecule has 1 aromatic heterocycles. The van der Waals surface area contributed by atoms with Crippen LogP contribution in [0, 0.1) is 24.2 Å². The van der Waals surface area contributed by atoms with Crippen molar-refractivity contribution in [1.29, 1.82) is 5.26 Å². The molecule has 0 aliphatic carbocycles. The largest absolute Gasteiger partial charge is 0.396 e. The van der Waals surface area contributed by atoms with Crippen molar-refractivity contribution < 1.29 is 5.11 Å². The first-order valence-corrected chi connectivity index (χ1v) is 6.43. The number of nitriles is 1. The zero-order chi connectivity index (χ0) is 13.4. The molecule has 0 aromatic carbocycles. The summed E-state index contributed by atoms with van der Waals surface area (Å²) >= 11 is 0. The van der Waals surface area contributed by atoms with Crippen LogP contribution in [0.5, 0.6) is 0 Å². The third-order valence-corrected chi connectivity index (χ3v) is 2.89. The van der Waals surface area contributed by atoms with Crippen LogP contribution in [0.2, 0.25) is 0 Å². The SMILES string of the molecule is CCCC(CCO)CNc1cc(C#N)cc(C)n1. The van der Waals surface area contributed by atoms with Gasteiger partial charge in [0.15, 0.2) is 0 Å². The van der Waals surface area contributed by atoms with E-state index in [1.165, 1.54) is 0 Å². The molecule has 1 aromatic rings. The normalized spacial score (nSPS) is 11.9. The van der Waals surface area contributed by atoms with E-state index in [-0.39, 0.29) is 6.61 Å². The van der Waals surface area contributed by atoms with Gasteiger partial charge >= 0.3 is 0 Å². The lowest BCUT2D eigenvalue weighted by atomic mass is 10.0. The minimum atomic E-state index is 0.219. The maximum atomic E-state index is 9.00. The molecule has 4 nitrogen and oxygen atoms in total. The van der Waals surface area contributed by atoms with Crippen molar-refractivity contribution >= 4 is 5.82 Å². The summed E-state index contributed by atoms with van der Waals surface area (Å²) in [5.41, 5.74) is 1.46. The van der Waals surface area contributed by atoms with E-state index in [1.54, 1.807) is 12.1 Å². The molecule has 4 heteroatoms. The van der Waals surface area contributed by atoms with E-state index < -0.39 is 0 Å². The predicted octanol–water partition coefficient (Wildman–Crippen LogP) is 2.47. The van der Waals surface area contributed by atoms with Crippen molar-refractivity contribution in [2.45, 2.75) is 33.1 Å². The van der Waals surface area contributed by atoms with E-state index in [1.807, 2.05) is 6.92 Å². The Bertz CT molecular complexity index is 406. The van der Waals surface area contributed by atoms with E-state index in [4.69, 9.17) is 10.4 Å². The molecule has 98 valence electrons. The molecule has 0 saturated heterocycles. The minimum absolute atomic E-state index is 0.219. The zero-order valence-corrected chi connectivity index (χ0v) is 11.1. The highest BCUT2D eigenvalue weighted by molar-refractivity contribution is 5.44. The summed E-state index contributed by atoms with van der Waals surface area (Å²) < 4.78 is 0. The Labute approximate surface area is 109 Å². The second-order valence-corrected chi connectivity index (χ2v) is 4.54. The van der Waals surface area contributed by atoms with Crippen LogP contribution in [0.1, 0.15) is 37.4 Å². The number of nitrogens with zero attached hydrogens (tertiary/aromatic N) is 2. The van der Waals surface area contributed by atoms with Crippen LogP contribution in [0.15, 0.2) is 12.1 Å². The van der Waals surface area contributed by atoms with Gasteiger partial charge in [0.05, 0.1) is 11.6 Å². The average Bonchev–Trinajstić information content (AvgIpc) is 2.36. The number of pyridine rings is 1. The van der Waals surface area contributed by atoms with Crippen LogP contribution in [0.3, 0.4) is 0 Å². The van der Waals surface area contributed by atoms with Crippen LogP contribution < -0.4 is 5.32 Å². The monoisotopic (exact) mass is 247 g/mol. The number of anilines is 1. The fourth-order valence-corrected chi connectivity index (χ4v) is 2.01. The third kappa shape index (κ3) is 4.72. The lowest BCUT2D eigenvalue weighted by Crippen LogP contribution is -2.16. The Morgan fingerprint density at radius 2 is 2.22 bits per heavy atom. The number of nitrogens with one attached hydrogen (secondary N) is 1. The number of rotatable bonds is 7. The molecule has 0 aliphatic heterocycles. The molecule has 1 unspecified atom stereocenters. The fourth-order valence-electron chi connectivity index (χ4n) is 2.01. The molecule has 2 N–H and O–H groups in total. The van der Waals surface area contributed by atoms with Gasteiger partial charge in [-0.15, -0.1) is 0 Å². The molecule has 0 saturated carbocycles. The van der Waals surface area contributed by atoms with Crippen molar-refractivity contribution in [1.82, 2.24) is 4.98 Å².